The molecule has 0 radical (unpaired) electrons. The molecule has 0 saturated heterocycles. The fourth-order valence-electron chi connectivity index (χ4n) is 4.35. The highest BCUT2D eigenvalue weighted by Crippen LogP contribution is 2.32. The van der Waals surface area contributed by atoms with Crippen LogP contribution in [0.4, 0.5) is 5.69 Å². The van der Waals surface area contributed by atoms with Crippen LogP contribution in [-0.4, -0.2) is 42.8 Å². The van der Waals surface area contributed by atoms with E-state index in [1.54, 1.807) is 24.3 Å². The van der Waals surface area contributed by atoms with Crippen molar-refractivity contribution in [2.75, 3.05) is 11.9 Å². The van der Waals surface area contributed by atoms with Crippen molar-refractivity contribution in [2.45, 2.75) is 37.6 Å². The molecule has 8 heteroatoms. The highest BCUT2D eigenvalue weighted by atomic mass is 32.2. The average Bonchev–Trinajstić information content (AvgIpc) is 2.88. The highest BCUT2D eigenvalue weighted by molar-refractivity contribution is 7.89. The summed E-state index contributed by atoms with van der Waals surface area (Å²) in [5.41, 5.74) is 2.60. The summed E-state index contributed by atoms with van der Waals surface area (Å²) in [5.74, 6) is -1.95. The predicted molar refractivity (Wildman–Crippen MR) is 133 cm³/mol. The van der Waals surface area contributed by atoms with Crippen LogP contribution in [0.3, 0.4) is 0 Å². The van der Waals surface area contributed by atoms with Crippen molar-refractivity contribution in [1.82, 2.24) is 4.31 Å². The average molecular weight is 491 g/mol. The monoisotopic (exact) mass is 490 g/mol. The molecule has 1 aliphatic rings. The Morgan fingerprint density at radius 3 is 2.09 bits per heavy atom. The molecule has 0 fully saturated rings. The Kier molecular flexibility index (Phi) is 6.95. The summed E-state index contributed by atoms with van der Waals surface area (Å²) >= 11 is 0. The van der Waals surface area contributed by atoms with E-state index in [0.717, 1.165) is 15.4 Å². The Morgan fingerprint density at radius 1 is 0.857 bits per heavy atom. The molecule has 0 bridgehead atoms. The van der Waals surface area contributed by atoms with Crippen molar-refractivity contribution in [2.24, 2.45) is 0 Å². The maximum absolute atomic E-state index is 13.6. The van der Waals surface area contributed by atoms with Gasteiger partial charge in [0.2, 0.25) is 15.9 Å². The van der Waals surface area contributed by atoms with Gasteiger partial charge in [-0.05, 0) is 36.1 Å². The van der Waals surface area contributed by atoms with Gasteiger partial charge in [-0.2, -0.15) is 4.31 Å². The van der Waals surface area contributed by atoms with E-state index < -0.39 is 40.1 Å². The fraction of sp³-hybridized carbons (Fsp3) is 0.222. The number of amides is 1. The molecule has 35 heavy (non-hydrogen) atoms. The van der Waals surface area contributed by atoms with E-state index in [0.29, 0.717) is 18.5 Å². The summed E-state index contributed by atoms with van der Waals surface area (Å²) in [6.07, 6.45) is 1.35. The maximum Gasteiger partial charge on any atom is 0.245 e. The standard InChI is InChI=1S/C27H26N2O5S/c1-3-18-13-10-14-19(4-2)24(18)28-23(30)17-29-25(26(31)20-11-6-5-7-12-20)27(32)21-15-8-9-16-22(21)35(29,33)34/h5-16,25H,3-4,17H2,1-2H3,(H,28,30). The van der Waals surface area contributed by atoms with Crippen molar-refractivity contribution in [1.29, 1.82) is 0 Å². The first-order valence-electron chi connectivity index (χ1n) is 11.4. The number of hydrogen-bond donors (Lipinski definition) is 1. The lowest BCUT2D eigenvalue weighted by molar-refractivity contribution is -0.116. The topological polar surface area (TPSA) is 101 Å². The molecule has 1 unspecified atom stereocenters. The first-order chi connectivity index (χ1) is 16.8. The largest absolute Gasteiger partial charge is 0.324 e. The molecule has 1 atom stereocenters. The van der Waals surface area contributed by atoms with Crippen LogP contribution >= 0.6 is 0 Å². The molecule has 3 aromatic carbocycles. The molecule has 0 aliphatic carbocycles. The number of rotatable bonds is 7. The molecule has 0 saturated carbocycles. The van der Waals surface area contributed by atoms with E-state index in [1.165, 1.54) is 30.3 Å². The van der Waals surface area contributed by atoms with Crippen LogP contribution in [0.5, 0.6) is 0 Å². The maximum atomic E-state index is 13.6. The minimum absolute atomic E-state index is 0.0527. The lowest BCUT2D eigenvalue weighted by atomic mass is 9.96. The predicted octanol–water partition coefficient (Wildman–Crippen LogP) is 3.89. The Labute approximate surface area is 204 Å². The molecule has 4 rings (SSSR count). The summed E-state index contributed by atoms with van der Waals surface area (Å²) in [4.78, 5) is 39.8. The minimum atomic E-state index is -4.31. The smallest absolute Gasteiger partial charge is 0.245 e. The van der Waals surface area contributed by atoms with Crippen LogP contribution in [0.2, 0.25) is 0 Å². The van der Waals surface area contributed by atoms with Gasteiger partial charge in [-0.3, -0.25) is 14.4 Å². The SMILES string of the molecule is CCc1cccc(CC)c1NC(=O)CN1C(C(=O)c2ccccc2)C(=O)c2ccccc2S1(=O)=O. The number of para-hydroxylation sites is 1. The molecule has 1 heterocycles. The van der Waals surface area contributed by atoms with Gasteiger partial charge < -0.3 is 5.32 Å². The second-order valence-corrected chi connectivity index (χ2v) is 10.1. The van der Waals surface area contributed by atoms with Gasteiger partial charge in [0, 0.05) is 16.8 Å². The number of hydrogen-bond acceptors (Lipinski definition) is 5. The molecule has 1 aliphatic heterocycles. The molecule has 1 N–H and O–H groups in total. The number of nitrogens with one attached hydrogen (secondary N) is 1. The van der Waals surface area contributed by atoms with Gasteiger partial charge in [0.1, 0.15) is 0 Å². The molecular weight excluding hydrogens is 464 g/mol. The van der Waals surface area contributed by atoms with E-state index in [9.17, 15) is 22.8 Å². The van der Waals surface area contributed by atoms with E-state index in [2.05, 4.69) is 5.32 Å². The van der Waals surface area contributed by atoms with Crippen LogP contribution in [0, 0.1) is 0 Å². The van der Waals surface area contributed by atoms with Crippen LogP contribution in [0.1, 0.15) is 45.7 Å². The van der Waals surface area contributed by atoms with Crippen molar-refractivity contribution >= 4 is 33.2 Å². The molecule has 0 spiro atoms. The lowest BCUT2D eigenvalue weighted by Gasteiger charge is -2.33. The molecule has 180 valence electrons. The third-order valence-electron chi connectivity index (χ3n) is 6.14. The Balaban J connectivity index is 1.75. The second-order valence-electron chi connectivity index (χ2n) is 8.25. The van der Waals surface area contributed by atoms with Gasteiger partial charge >= 0.3 is 0 Å². The van der Waals surface area contributed by atoms with Gasteiger partial charge in [-0.25, -0.2) is 8.42 Å². The Morgan fingerprint density at radius 2 is 1.46 bits per heavy atom. The zero-order chi connectivity index (χ0) is 25.2. The van der Waals surface area contributed by atoms with Crippen LogP contribution in [0.15, 0.2) is 77.7 Å². The first-order valence-corrected chi connectivity index (χ1v) is 12.9. The summed E-state index contributed by atoms with van der Waals surface area (Å²) in [7, 11) is -4.31. The molecule has 3 aromatic rings. The van der Waals surface area contributed by atoms with E-state index in [1.807, 2.05) is 32.0 Å². The van der Waals surface area contributed by atoms with Crippen LogP contribution in [0.25, 0.3) is 0 Å². The number of anilines is 1. The summed E-state index contributed by atoms with van der Waals surface area (Å²) in [6, 6.07) is 17.8. The molecule has 7 nitrogen and oxygen atoms in total. The number of benzene rings is 3. The number of carbonyl (C=O) groups is 3. The Hall–Kier alpha value is -3.62. The van der Waals surface area contributed by atoms with Gasteiger partial charge in [-0.15, -0.1) is 0 Å². The number of aryl methyl sites for hydroxylation is 2. The van der Waals surface area contributed by atoms with Crippen LogP contribution in [-0.2, 0) is 27.7 Å². The summed E-state index contributed by atoms with van der Waals surface area (Å²) in [6.45, 7) is 3.25. The quantitative estimate of drug-likeness (QED) is 0.400. The number of nitrogens with zero attached hydrogens (tertiary/aromatic N) is 1. The van der Waals surface area contributed by atoms with Crippen molar-refractivity contribution in [3.05, 3.63) is 95.1 Å². The zero-order valence-corrected chi connectivity index (χ0v) is 20.3. The van der Waals surface area contributed by atoms with Crippen LogP contribution < -0.4 is 5.32 Å². The third-order valence-corrected chi connectivity index (χ3v) is 8.01. The van der Waals surface area contributed by atoms with Gasteiger partial charge in [0.05, 0.1) is 11.4 Å². The Bertz CT molecular complexity index is 1380. The number of carbonyl (C=O) groups excluding carboxylic acids is 3. The molecule has 0 aromatic heterocycles. The van der Waals surface area contributed by atoms with E-state index in [4.69, 9.17) is 0 Å². The van der Waals surface area contributed by atoms with E-state index in [-0.39, 0.29) is 16.0 Å². The van der Waals surface area contributed by atoms with Gasteiger partial charge in [-0.1, -0.05) is 74.5 Å². The number of Topliss-reactive ketones (excluding diaryl/α,β-unsaturated/α-hetero) is 2. The van der Waals surface area contributed by atoms with Crippen molar-refractivity contribution < 1.29 is 22.8 Å². The number of ketones is 2. The first kappa shape index (κ1) is 24.5. The number of sulfonamides is 1. The van der Waals surface area contributed by atoms with Gasteiger partial charge in [0.15, 0.2) is 17.6 Å². The zero-order valence-electron chi connectivity index (χ0n) is 19.5. The van der Waals surface area contributed by atoms with E-state index >= 15 is 0 Å². The third kappa shape index (κ3) is 4.54. The van der Waals surface area contributed by atoms with Gasteiger partial charge in [0.25, 0.3) is 0 Å². The summed E-state index contributed by atoms with van der Waals surface area (Å²) in [5, 5.41) is 2.84. The normalized spacial score (nSPS) is 17.0. The molecular formula is C27H26N2O5S. The van der Waals surface area contributed by atoms with Crippen molar-refractivity contribution in [3.8, 4) is 0 Å². The lowest BCUT2D eigenvalue weighted by Crippen LogP contribution is -2.55. The van der Waals surface area contributed by atoms with Crippen molar-refractivity contribution in [3.63, 3.8) is 0 Å². The highest BCUT2D eigenvalue weighted by Gasteiger charge is 2.48. The second kappa shape index (κ2) is 9.93. The minimum Gasteiger partial charge on any atom is -0.324 e. The fourth-order valence-corrected chi connectivity index (χ4v) is 6.05. The number of fused-ring (bicyclic) bond motifs is 1. The molecule has 1 amide bonds. The summed E-state index contributed by atoms with van der Waals surface area (Å²) < 4.78 is 27.9.